The van der Waals surface area contributed by atoms with Gasteiger partial charge in [-0.1, -0.05) is 194 Å². The van der Waals surface area contributed by atoms with Crippen LogP contribution < -0.4 is 17.1 Å². The lowest BCUT2D eigenvalue weighted by Gasteiger charge is -2.24. The molecular formula is C51H102N6O6. The highest BCUT2D eigenvalue weighted by molar-refractivity contribution is 4.83. The molecule has 3 unspecified atom stereocenters. The molecule has 12 heteroatoms. The predicted octanol–water partition coefficient (Wildman–Crippen LogP) is 8.81. The molecule has 0 radical (unpaired) electrons. The highest BCUT2D eigenvalue weighted by Crippen LogP contribution is 2.13. The van der Waals surface area contributed by atoms with Crippen LogP contribution >= 0.6 is 0 Å². The molecule has 372 valence electrons. The zero-order valence-corrected chi connectivity index (χ0v) is 42.1. The number of unbranched alkanes of at least 4 members (excludes halogenated alkanes) is 27. The van der Waals surface area contributed by atoms with Gasteiger partial charge < -0.3 is 30.0 Å². The van der Waals surface area contributed by atoms with E-state index < -0.39 is 35.4 Å². The maximum absolute atomic E-state index is 13.9. The lowest BCUT2D eigenvalue weighted by Crippen LogP contribution is -2.58. The zero-order valence-electron chi connectivity index (χ0n) is 42.1. The summed E-state index contributed by atoms with van der Waals surface area (Å²) in [7, 11) is 5.80. The van der Waals surface area contributed by atoms with Gasteiger partial charge in [-0.15, -0.1) is 0 Å². The number of rotatable bonds is 45. The first-order valence-electron chi connectivity index (χ1n) is 26.5. The normalized spacial score (nSPS) is 13.5. The third kappa shape index (κ3) is 30.2. The van der Waals surface area contributed by atoms with Crippen LogP contribution in [0.2, 0.25) is 0 Å². The van der Waals surface area contributed by atoms with Crippen LogP contribution in [-0.4, -0.2) is 122 Å². The highest BCUT2D eigenvalue weighted by atomic mass is 16.3. The van der Waals surface area contributed by atoms with E-state index in [4.69, 9.17) is 0 Å². The summed E-state index contributed by atoms with van der Waals surface area (Å²) in [6, 6.07) is 0. The summed E-state index contributed by atoms with van der Waals surface area (Å²) in [5.41, 5.74) is -2.54. The number of hydrogen-bond acceptors (Lipinski definition) is 9. The summed E-state index contributed by atoms with van der Waals surface area (Å²) in [6.07, 6.45) is 34.2. The Morgan fingerprint density at radius 3 is 0.698 bits per heavy atom. The fraction of sp³-hybridized carbons (Fsp3) is 0.941. The first-order valence-corrected chi connectivity index (χ1v) is 26.5. The second-order valence-electron chi connectivity index (χ2n) is 19.5. The van der Waals surface area contributed by atoms with Gasteiger partial charge in [0.2, 0.25) is 0 Å². The number of aliphatic hydroxyl groups excluding tert-OH is 3. The van der Waals surface area contributed by atoms with Gasteiger partial charge in [-0.05, 0) is 60.0 Å². The Bertz CT molecular complexity index is 1190. The Kier molecular flexibility index (Phi) is 37.0. The minimum Gasteiger partial charge on any atom is -0.390 e. The fourth-order valence-corrected chi connectivity index (χ4v) is 8.92. The van der Waals surface area contributed by atoms with Gasteiger partial charge in [0.05, 0.1) is 37.9 Å². The summed E-state index contributed by atoms with van der Waals surface area (Å²) in [6.45, 7) is 9.05. The van der Waals surface area contributed by atoms with Gasteiger partial charge in [0.15, 0.2) is 0 Å². The smallest absolute Gasteiger partial charge is 0.336 e. The molecule has 0 saturated carbocycles. The average Bonchev–Trinajstić information content (AvgIpc) is 3.24. The molecule has 0 fully saturated rings. The SMILES string of the molecule is CCCCCCCCCCCCN(C)CC(O)Cn1c(=O)n(CC(O)CN(C)CCCCCCCCCCCC)c(=O)n(CC(O)CN(C)CCCCCCCCCCCC)c1=O. The Hall–Kier alpha value is -1.83. The molecule has 0 aliphatic rings. The van der Waals surface area contributed by atoms with E-state index in [1.54, 1.807) is 0 Å². The number of hydrogen-bond donors (Lipinski definition) is 3. The second-order valence-corrected chi connectivity index (χ2v) is 19.5. The number of nitrogens with zero attached hydrogens (tertiary/aromatic N) is 6. The molecule has 3 atom stereocenters. The molecule has 0 amide bonds. The molecule has 63 heavy (non-hydrogen) atoms. The molecule has 0 aromatic carbocycles. The average molecular weight is 895 g/mol. The van der Waals surface area contributed by atoms with Crippen LogP contribution in [0.1, 0.15) is 213 Å². The van der Waals surface area contributed by atoms with E-state index in [0.717, 1.165) is 71.9 Å². The second kappa shape index (κ2) is 39.3. The summed E-state index contributed by atoms with van der Waals surface area (Å²) >= 11 is 0. The summed E-state index contributed by atoms with van der Waals surface area (Å²) in [5, 5.41) is 33.5. The maximum Gasteiger partial charge on any atom is 0.336 e. The highest BCUT2D eigenvalue weighted by Gasteiger charge is 2.23. The molecule has 3 N–H and O–H groups in total. The Labute approximate surface area is 385 Å². The third-order valence-corrected chi connectivity index (χ3v) is 12.8. The summed E-state index contributed by atoms with van der Waals surface area (Å²) in [5.74, 6) is 0. The Morgan fingerprint density at radius 2 is 0.508 bits per heavy atom. The Balaban J connectivity index is 2.89. The van der Waals surface area contributed by atoms with Crippen molar-refractivity contribution in [2.75, 3.05) is 60.4 Å². The number of likely N-dealkylation sites (N-methyl/N-ethyl adjacent to an activating group) is 3. The van der Waals surface area contributed by atoms with Crippen LogP contribution in [0, 0.1) is 0 Å². The largest absolute Gasteiger partial charge is 0.390 e. The molecule has 1 heterocycles. The van der Waals surface area contributed by atoms with Gasteiger partial charge in [-0.2, -0.15) is 0 Å². The van der Waals surface area contributed by atoms with Gasteiger partial charge in [0.1, 0.15) is 0 Å². The maximum atomic E-state index is 13.9. The van der Waals surface area contributed by atoms with Gasteiger partial charge in [0.25, 0.3) is 0 Å². The van der Waals surface area contributed by atoms with Crippen molar-refractivity contribution in [3.8, 4) is 0 Å². The summed E-state index contributed by atoms with van der Waals surface area (Å²) in [4.78, 5) is 47.7. The minimum atomic E-state index is -1.03. The van der Waals surface area contributed by atoms with Crippen molar-refractivity contribution in [3.63, 3.8) is 0 Å². The van der Waals surface area contributed by atoms with Crippen molar-refractivity contribution < 1.29 is 15.3 Å². The molecular weight excluding hydrogens is 793 g/mol. The van der Waals surface area contributed by atoms with Crippen LogP contribution in [0.5, 0.6) is 0 Å². The van der Waals surface area contributed by atoms with Crippen molar-refractivity contribution in [1.29, 1.82) is 0 Å². The topological polar surface area (TPSA) is 136 Å². The van der Waals surface area contributed by atoms with Crippen LogP contribution in [0.3, 0.4) is 0 Å². The van der Waals surface area contributed by atoms with Crippen molar-refractivity contribution in [2.45, 2.75) is 251 Å². The molecule has 1 aromatic rings. The van der Waals surface area contributed by atoms with Gasteiger partial charge in [0, 0.05) is 19.6 Å². The zero-order chi connectivity index (χ0) is 46.5. The molecule has 12 nitrogen and oxygen atoms in total. The van der Waals surface area contributed by atoms with E-state index >= 15 is 0 Å². The Morgan fingerprint density at radius 1 is 0.333 bits per heavy atom. The first-order chi connectivity index (χ1) is 30.4. The molecule has 0 bridgehead atoms. The molecule has 0 aliphatic heterocycles. The molecule has 1 aromatic heterocycles. The standard InChI is InChI=1S/C51H102N6O6/c1-7-10-13-16-19-22-25-28-31-34-37-52(4)40-46(58)43-55-49(61)56(44-47(59)41-53(5)38-35-32-29-26-23-20-17-14-11-8-2)51(63)57(50(55)62)45-48(60)42-54(6)39-36-33-30-27-24-21-18-15-12-9-3/h46-48,58-60H,7-45H2,1-6H3. The van der Waals surface area contributed by atoms with E-state index in [2.05, 4.69) is 20.8 Å². The van der Waals surface area contributed by atoms with Crippen LogP contribution in [-0.2, 0) is 19.6 Å². The predicted molar refractivity (Wildman–Crippen MR) is 265 cm³/mol. The lowest BCUT2D eigenvalue weighted by molar-refractivity contribution is 0.0901. The van der Waals surface area contributed by atoms with Crippen molar-refractivity contribution in [1.82, 2.24) is 28.4 Å². The third-order valence-electron chi connectivity index (χ3n) is 12.8. The number of aromatic nitrogens is 3. The van der Waals surface area contributed by atoms with Gasteiger partial charge >= 0.3 is 17.1 Å². The van der Waals surface area contributed by atoms with Gasteiger partial charge in [-0.25, -0.2) is 28.1 Å². The van der Waals surface area contributed by atoms with Crippen molar-refractivity contribution >= 4 is 0 Å². The van der Waals surface area contributed by atoms with Crippen molar-refractivity contribution in [3.05, 3.63) is 31.5 Å². The first kappa shape index (κ1) is 59.2. The quantitative estimate of drug-likeness (QED) is 0.0549. The van der Waals surface area contributed by atoms with E-state index in [9.17, 15) is 29.7 Å². The monoisotopic (exact) mass is 895 g/mol. The molecule has 0 aliphatic carbocycles. The van der Waals surface area contributed by atoms with E-state index in [0.29, 0.717) is 0 Å². The molecule has 0 spiro atoms. The minimum absolute atomic E-state index is 0.265. The van der Waals surface area contributed by atoms with Crippen molar-refractivity contribution in [2.24, 2.45) is 0 Å². The van der Waals surface area contributed by atoms with Crippen LogP contribution in [0.4, 0.5) is 0 Å². The number of aliphatic hydroxyl groups is 3. The fourth-order valence-electron chi connectivity index (χ4n) is 8.92. The van der Waals surface area contributed by atoms with E-state index in [1.807, 2.05) is 35.8 Å². The van der Waals surface area contributed by atoms with Crippen LogP contribution in [0.25, 0.3) is 0 Å². The van der Waals surface area contributed by atoms with Gasteiger partial charge in [-0.3, -0.25) is 0 Å². The lowest BCUT2D eigenvalue weighted by atomic mass is 10.1. The molecule has 1 rings (SSSR count). The molecule has 0 saturated heterocycles. The summed E-state index contributed by atoms with van der Waals surface area (Å²) < 4.78 is 2.75. The van der Waals surface area contributed by atoms with E-state index in [1.165, 1.54) is 154 Å². The van der Waals surface area contributed by atoms with E-state index in [-0.39, 0.29) is 39.3 Å². The van der Waals surface area contributed by atoms with Crippen LogP contribution in [0.15, 0.2) is 14.4 Å².